The van der Waals surface area contributed by atoms with Gasteiger partial charge >= 0.3 is 5.97 Å². The predicted molar refractivity (Wildman–Crippen MR) is 102 cm³/mol. The Morgan fingerprint density at radius 1 is 1.00 bits per heavy atom. The lowest BCUT2D eigenvalue weighted by molar-refractivity contribution is -0.142. The molecule has 1 rings (SSSR count). The van der Waals surface area contributed by atoms with Crippen LogP contribution in [-0.2, 0) is 14.3 Å². The number of amides is 1. The van der Waals surface area contributed by atoms with Crippen LogP contribution < -0.4 is 4.74 Å². The summed E-state index contributed by atoms with van der Waals surface area (Å²) < 4.78 is 10.3. The van der Waals surface area contributed by atoms with Gasteiger partial charge in [0, 0.05) is 13.1 Å². The van der Waals surface area contributed by atoms with E-state index in [1.54, 1.807) is 4.90 Å². The molecule has 0 spiro atoms. The van der Waals surface area contributed by atoms with E-state index in [2.05, 4.69) is 23.5 Å². The molecule has 0 aliphatic heterocycles. The summed E-state index contributed by atoms with van der Waals surface area (Å²) in [4.78, 5) is 28.0. The van der Waals surface area contributed by atoms with Gasteiger partial charge in [0.2, 0.25) is 0 Å². The van der Waals surface area contributed by atoms with Crippen molar-refractivity contribution in [3.63, 3.8) is 0 Å². The zero-order valence-corrected chi connectivity index (χ0v) is 16.5. The van der Waals surface area contributed by atoms with Gasteiger partial charge in [-0.25, -0.2) is 0 Å². The summed E-state index contributed by atoms with van der Waals surface area (Å²) in [5.74, 6) is 0.236. The SMILES string of the molecule is CCN(CC)CCCN(CCC(=O)OC)C(=O)COc1ccc(C)cc1. The smallest absolute Gasteiger partial charge is 0.307 e. The number of esters is 1. The molecule has 0 atom stereocenters. The van der Waals surface area contributed by atoms with Crippen molar-refractivity contribution < 1.29 is 19.1 Å². The summed E-state index contributed by atoms with van der Waals surface area (Å²) in [6, 6.07) is 7.58. The molecular weight excluding hydrogens is 332 g/mol. The normalized spacial score (nSPS) is 10.7. The quantitative estimate of drug-likeness (QED) is 0.533. The molecule has 1 aromatic carbocycles. The Hall–Kier alpha value is -2.08. The van der Waals surface area contributed by atoms with E-state index in [4.69, 9.17) is 4.74 Å². The summed E-state index contributed by atoms with van der Waals surface area (Å²) in [6.45, 7) is 10.1. The Kier molecular flexibility index (Phi) is 10.4. The summed E-state index contributed by atoms with van der Waals surface area (Å²) in [5.41, 5.74) is 1.14. The highest BCUT2D eigenvalue weighted by Crippen LogP contribution is 2.11. The third kappa shape index (κ3) is 8.34. The minimum Gasteiger partial charge on any atom is -0.484 e. The maximum Gasteiger partial charge on any atom is 0.307 e. The number of nitrogens with zero attached hydrogens (tertiary/aromatic N) is 2. The molecule has 26 heavy (non-hydrogen) atoms. The number of methoxy groups -OCH3 is 1. The van der Waals surface area contributed by atoms with Crippen LogP contribution in [0.1, 0.15) is 32.3 Å². The third-order valence-electron chi connectivity index (χ3n) is 4.35. The van der Waals surface area contributed by atoms with Crippen LogP contribution in [0.25, 0.3) is 0 Å². The van der Waals surface area contributed by atoms with Gasteiger partial charge in [0.25, 0.3) is 5.91 Å². The van der Waals surface area contributed by atoms with Gasteiger partial charge in [0.05, 0.1) is 13.5 Å². The van der Waals surface area contributed by atoms with Crippen molar-refractivity contribution in [1.82, 2.24) is 9.80 Å². The van der Waals surface area contributed by atoms with Crippen LogP contribution >= 0.6 is 0 Å². The number of carbonyl (C=O) groups is 2. The highest BCUT2D eigenvalue weighted by Gasteiger charge is 2.16. The second kappa shape index (κ2) is 12.3. The first kappa shape index (κ1) is 22.0. The fourth-order valence-corrected chi connectivity index (χ4v) is 2.59. The first-order valence-corrected chi connectivity index (χ1v) is 9.26. The minimum atomic E-state index is -0.314. The third-order valence-corrected chi connectivity index (χ3v) is 4.35. The standard InChI is InChI=1S/C20H32N2O4/c1-5-21(6-2)13-7-14-22(15-12-20(24)25-4)19(23)16-26-18-10-8-17(3)9-11-18/h8-11H,5-7,12-16H2,1-4H3. The second-order valence-corrected chi connectivity index (χ2v) is 6.19. The van der Waals surface area contributed by atoms with E-state index >= 15 is 0 Å². The number of hydrogen-bond donors (Lipinski definition) is 0. The molecule has 6 nitrogen and oxygen atoms in total. The Balaban J connectivity index is 2.55. The molecule has 0 unspecified atom stereocenters. The summed E-state index contributed by atoms with van der Waals surface area (Å²) >= 11 is 0. The van der Waals surface area contributed by atoms with E-state index in [1.807, 2.05) is 31.2 Å². The minimum absolute atomic E-state index is 0.0322. The lowest BCUT2D eigenvalue weighted by Crippen LogP contribution is -2.38. The van der Waals surface area contributed by atoms with Crippen molar-refractivity contribution in [2.75, 3.05) is 46.4 Å². The molecule has 146 valence electrons. The highest BCUT2D eigenvalue weighted by molar-refractivity contribution is 5.78. The Bertz CT molecular complexity index is 541. The van der Waals surface area contributed by atoms with E-state index in [9.17, 15) is 9.59 Å². The zero-order valence-electron chi connectivity index (χ0n) is 16.5. The topological polar surface area (TPSA) is 59.1 Å². The fourth-order valence-electron chi connectivity index (χ4n) is 2.59. The Morgan fingerprint density at radius 2 is 1.65 bits per heavy atom. The molecule has 0 saturated carbocycles. The van der Waals surface area contributed by atoms with Crippen LogP contribution in [0.4, 0.5) is 0 Å². The van der Waals surface area contributed by atoms with Crippen LogP contribution in [0.2, 0.25) is 0 Å². The van der Waals surface area contributed by atoms with Crippen molar-refractivity contribution in [3.8, 4) is 5.75 Å². The van der Waals surface area contributed by atoms with Crippen LogP contribution in [0.15, 0.2) is 24.3 Å². The number of rotatable bonds is 12. The maximum atomic E-state index is 12.5. The first-order valence-electron chi connectivity index (χ1n) is 9.26. The number of hydrogen-bond acceptors (Lipinski definition) is 5. The number of ether oxygens (including phenoxy) is 2. The largest absolute Gasteiger partial charge is 0.484 e. The fraction of sp³-hybridized carbons (Fsp3) is 0.600. The van der Waals surface area contributed by atoms with Crippen LogP contribution in [0.5, 0.6) is 5.75 Å². The van der Waals surface area contributed by atoms with Gasteiger partial charge in [0.1, 0.15) is 5.75 Å². The van der Waals surface area contributed by atoms with Gasteiger partial charge < -0.3 is 19.3 Å². The molecule has 6 heteroatoms. The monoisotopic (exact) mass is 364 g/mol. The summed E-state index contributed by atoms with van der Waals surface area (Å²) in [5, 5.41) is 0. The van der Waals surface area contributed by atoms with Gasteiger partial charge in [-0.1, -0.05) is 31.5 Å². The van der Waals surface area contributed by atoms with E-state index in [0.29, 0.717) is 18.8 Å². The molecule has 0 saturated heterocycles. The molecule has 0 radical (unpaired) electrons. The van der Waals surface area contributed by atoms with Gasteiger partial charge in [-0.05, 0) is 45.1 Å². The molecule has 1 amide bonds. The van der Waals surface area contributed by atoms with Crippen LogP contribution in [0, 0.1) is 6.92 Å². The number of carbonyl (C=O) groups excluding carboxylic acids is 2. The molecule has 0 aromatic heterocycles. The summed E-state index contributed by atoms with van der Waals surface area (Å²) in [6.07, 6.45) is 1.05. The highest BCUT2D eigenvalue weighted by atomic mass is 16.5. The van der Waals surface area contributed by atoms with E-state index < -0.39 is 0 Å². The number of benzene rings is 1. The molecule has 0 bridgehead atoms. The molecule has 0 aliphatic carbocycles. The molecule has 0 aliphatic rings. The second-order valence-electron chi connectivity index (χ2n) is 6.19. The van der Waals surface area contributed by atoms with Crippen LogP contribution in [0.3, 0.4) is 0 Å². The molecule has 0 N–H and O–H groups in total. The van der Waals surface area contributed by atoms with Crippen LogP contribution in [-0.4, -0.2) is 68.1 Å². The van der Waals surface area contributed by atoms with Gasteiger partial charge in [0.15, 0.2) is 6.61 Å². The predicted octanol–water partition coefficient (Wildman–Crippen LogP) is 2.50. The molecule has 0 heterocycles. The van der Waals surface area contributed by atoms with Gasteiger partial charge in [-0.15, -0.1) is 0 Å². The van der Waals surface area contributed by atoms with Crippen molar-refractivity contribution in [3.05, 3.63) is 29.8 Å². The first-order chi connectivity index (χ1) is 12.5. The molecule has 1 aromatic rings. The average Bonchev–Trinajstić information content (AvgIpc) is 2.66. The average molecular weight is 364 g/mol. The van der Waals surface area contributed by atoms with E-state index in [0.717, 1.165) is 31.6 Å². The maximum absolute atomic E-state index is 12.5. The van der Waals surface area contributed by atoms with Crippen molar-refractivity contribution in [1.29, 1.82) is 0 Å². The lowest BCUT2D eigenvalue weighted by Gasteiger charge is -2.24. The molecular formula is C20H32N2O4. The van der Waals surface area contributed by atoms with Gasteiger partial charge in [-0.3, -0.25) is 9.59 Å². The lowest BCUT2D eigenvalue weighted by atomic mass is 10.2. The Morgan fingerprint density at radius 3 is 2.23 bits per heavy atom. The van der Waals surface area contributed by atoms with Gasteiger partial charge in [-0.2, -0.15) is 0 Å². The van der Waals surface area contributed by atoms with Crippen molar-refractivity contribution in [2.24, 2.45) is 0 Å². The van der Waals surface area contributed by atoms with E-state index in [1.165, 1.54) is 7.11 Å². The molecule has 0 fully saturated rings. The Labute approximate surface area is 157 Å². The number of aryl methyl sites for hydroxylation is 1. The zero-order chi connectivity index (χ0) is 19.4. The van der Waals surface area contributed by atoms with Crippen molar-refractivity contribution in [2.45, 2.75) is 33.6 Å². The van der Waals surface area contributed by atoms with E-state index in [-0.39, 0.29) is 24.9 Å². The van der Waals surface area contributed by atoms with Crippen molar-refractivity contribution >= 4 is 11.9 Å². The summed E-state index contributed by atoms with van der Waals surface area (Å²) in [7, 11) is 1.36.